The fraction of sp³-hybridized carbons (Fsp3) is 0.0833. The molecule has 0 atom stereocenters. The molecule has 1 aromatic carbocycles. The van der Waals surface area contributed by atoms with Crippen molar-refractivity contribution in [3.8, 4) is 5.69 Å². The number of ketones is 1. The standard InChI is InChI=1S/C12H9ClN2O3/c1-7(16)10-6-15(14-11(10)12(17)18)9-4-2-8(13)3-5-9/h2-6H,1H3,(H,17,18). The molecule has 0 aliphatic carbocycles. The van der Waals surface area contributed by atoms with E-state index in [9.17, 15) is 9.59 Å². The highest BCUT2D eigenvalue weighted by Crippen LogP contribution is 2.16. The number of carboxylic acid groups (broad SMARTS) is 1. The van der Waals surface area contributed by atoms with Crippen LogP contribution in [-0.2, 0) is 0 Å². The van der Waals surface area contributed by atoms with E-state index < -0.39 is 5.97 Å². The van der Waals surface area contributed by atoms with Crippen molar-refractivity contribution in [3.05, 3.63) is 46.7 Å². The summed E-state index contributed by atoms with van der Waals surface area (Å²) in [4.78, 5) is 22.3. The van der Waals surface area contributed by atoms with Crippen molar-refractivity contribution < 1.29 is 14.7 Å². The molecule has 0 saturated carbocycles. The van der Waals surface area contributed by atoms with Crippen molar-refractivity contribution in [1.82, 2.24) is 9.78 Å². The van der Waals surface area contributed by atoms with Gasteiger partial charge in [-0.2, -0.15) is 5.10 Å². The maximum Gasteiger partial charge on any atom is 0.357 e. The number of carbonyl (C=O) groups excluding carboxylic acids is 1. The van der Waals surface area contributed by atoms with Crippen molar-refractivity contribution in [2.24, 2.45) is 0 Å². The third kappa shape index (κ3) is 2.26. The number of hydrogen-bond donors (Lipinski definition) is 1. The van der Waals surface area contributed by atoms with Crippen LogP contribution in [-0.4, -0.2) is 26.6 Å². The Morgan fingerprint density at radius 2 is 1.89 bits per heavy atom. The first-order chi connectivity index (χ1) is 8.49. The number of carbonyl (C=O) groups is 2. The van der Waals surface area contributed by atoms with Gasteiger partial charge in [-0.25, -0.2) is 9.48 Å². The van der Waals surface area contributed by atoms with Crippen LogP contribution in [0.2, 0.25) is 5.02 Å². The summed E-state index contributed by atoms with van der Waals surface area (Å²) in [6.45, 7) is 1.30. The highest BCUT2D eigenvalue weighted by molar-refractivity contribution is 6.30. The van der Waals surface area contributed by atoms with E-state index in [1.807, 2.05) is 0 Å². The van der Waals surface area contributed by atoms with E-state index in [4.69, 9.17) is 16.7 Å². The zero-order valence-electron chi connectivity index (χ0n) is 9.42. The van der Waals surface area contributed by atoms with E-state index in [0.717, 1.165) is 0 Å². The molecule has 18 heavy (non-hydrogen) atoms. The molecule has 0 bridgehead atoms. The van der Waals surface area contributed by atoms with Crippen LogP contribution in [0.25, 0.3) is 5.69 Å². The minimum Gasteiger partial charge on any atom is -0.476 e. The molecule has 0 unspecified atom stereocenters. The Bertz CT molecular complexity index is 585. The Hall–Kier alpha value is -2.14. The largest absolute Gasteiger partial charge is 0.476 e. The van der Waals surface area contributed by atoms with Gasteiger partial charge in [0.2, 0.25) is 0 Å². The van der Waals surface area contributed by atoms with Gasteiger partial charge in [0.05, 0.1) is 11.3 Å². The first-order valence-electron chi connectivity index (χ1n) is 5.09. The molecule has 0 amide bonds. The third-order valence-corrected chi connectivity index (χ3v) is 2.64. The number of nitrogens with zero attached hydrogens (tertiary/aromatic N) is 2. The van der Waals surface area contributed by atoms with Crippen LogP contribution in [0.5, 0.6) is 0 Å². The van der Waals surface area contributed by atoms with E-state index in [0.29, 0.717) is 10.7 Å². The minimum atomic E-state index is -1.23. The Morgan fingerprint density at radius 1 is 1.28 bits per heavy atom. The van der Waals surface area contributed by atoms with Crippen molar-refractivity contribution in [1.29, 1.82) is 0 Å². The Kier molecular flexibility index (Phi) is 3.16. The van der Waals surface area contributed by atoms with Crippen LogP contribution in [0.3, 0.4) is 0 Å². The normalized spacial score (nSPS) is 10.3. The summed E-state index contributed by atoms with van der Waals surface area (Å²) >= 11 is 5.76. The molecular weight excluding hydrogens is 256 g/mol. The van der Waals surface area contributed by atoms with Crippen LogP contribution < -0.4 is 0 Å². The molecule has 0 radical (unpaired) electrons. The second-order valence-electron chi connectivity index (χ2n) is 3.67. The molecule has 0 aliphatic rings. The summed E-state index contributed by atoms with van der Waals surface area (Å²) in [6, 6.07) is 6.69. The lowest BCUT2D eigenvalue weighted by Crippen LogP contribution is -2.04. The SMILES string of the molecule is CC(=O)c1cn(-c2ccc(Cl)cc2)nc1C(=O)O. The van der Waals surface area contributed by atoms with Gasteiger partial charge in [-0.05, 0) is 31.2 Å². The molecule has 1 aromatic heterocycles. The van der Waals surface area contributed by atoms with Gasteiger partial charge in [0, 0.05) is 11.2 Å². The molecule has 6 heteroatoms. The van der Waals surface area contributed by atoms with Crippen molar-refractivity contribution in [2.45, 2.75) is 6.92 Å². The van der Waals surface area contributed by atoms with Crippen LogP contribution in [0.4, 0.5) is 0 Å². The molecule has 0 fully saturated rings. The quantitative estimate of drug-likeness (QED) is 0.864. The van der Waals surface area contributed by atoms with Crippen molar-refractivity contribution >= 4 is 23.4 Å². The van der Waals surface area contributed by atoms with Gasteiger partial charge in [-0.15, -0.1) is 0 Å². The predicted octanol–water partition coefficient (Wildman–Crippen LogP) is 2.43. The third-order valence-electron chi connectivity index (χ3n) is 2.39. The van der Waals surface area contributed by atoms with Gasteiger partial charge in [-0.3, -0.25) is 4.79 Å². The van der Waals surface area contributed by atoms with Gasteiger partial charge in [0.1, 0.15) is 0 Å². The number of hydrogen-bond acceptors (Lipinski definition) is 3. The highest BCUT2D eigenvalue weighted by Gasteiger charge is 2.19. The number of halogens is 1. The highest BCUT2D eigenvalue weighted by atomic mass is 35.5. The van der Waals surface area contributed by atoms with Gasteiger partial charge in [0.15, 0.2) is 11.5 Å². The van der Waals surface area contributed by atoms with Crippen LogP contribution in [0.15, 0.2) is 30.5 Å². The van der Waals surface area contributed by atoms with Crippen molar-refractivity contribution in [2.75, 3.05) is 0 Å². The summed E-state index contributed by atoms with van der Waals surface area (Å²) in [7, 11) is 0. The molecule has 0 spiro atoms. The van der Waals surface area contributed by atoms with E-state index in [1.54, 1.807) is 24.3 Å². The van der Waals surface area contributed by atoms with Crippen molar-refractivity contribution in [3.63, 3.8) is 0 Å². The fourth-order valence-corrected chi connectivity index (χ4v) is 1.64. The maximum atomic E-state index is 11.3. The van der Waals surface area contributed by atoms with E-state index in [-0.39, 0.29) is 17.0 Å². The lowest BCUT2D eigenvalue weighted by atomic mass is 10.2. The lowest BCUT2D eigenvalue weighted by molar-refractivity contribution is 0.0685. The van der Waals surface area contributed by atoms with Gasteiger partial charge >= 0.3 is 5.97 Å². The number of rotatable bonds is 3. The van der Waals surface area contributed by atoms with E-state index >= 15 is 0 Å². The molecule has 0 saturated heterocycles. The summed E-state index contributed by atoms with van der Waals surface area (Å²) in [5, 5.41) is 13.4. The first kappa shape index (κ1) is 12.3. The van der Waals surface area contributed by atoms with E-state index in [2.05, 4.69) is 5.10 Å². The Balaban J connectivity index is 2.53. The number of Topliss-reactive ketones (excluding diaryl/α,β-unsaturated/α-hetero) is 1. The molecule has 2 aromatic rings. The monoisotopic (exact) mass is 264 g/mol. The lowest BCUT2D eigenvalue weighted by Gasteiger charge is -1.99. The number of carboxylic acids is 1. The molecule has 92 valence electrons. The average molecular weight is 265 g/mol. The summed E-state index contributed by atoms with van der Waals surface area (Å²) in [6.07, 6.45) is 1.40. The van der Waals surface area contributed by atoms with Crippen LogP contribution >= 0.6 is 11.6 Å². The molecule has 1 heterocycles. The molecule has 0 aliphatic heterocycles. The second-order valence-corrected chi connectivity index (χ2v) is 4.11. The average Bonchev–Trinajstić information content (AvgIpc) is 2.75. The molecular formula is C12H9ClN2O3. The number of aromatic nitrogens is 2. The second kappa shape index (κ2) is 4.62. The zero-order valence-corrected chi connectivity index (χ0v) is 10.2. The summed E-state index contributed by atoms with van der Waals surface area (Å²) in [5.74, 6) is -1.57. The maximum absolute atomic E-state index is 11.3. The van der Waals surface area contributed by atoms with Crippen LogP contribution in [0, 0.1) is 0 Å². The van der Waals surface area contributed by atoms with E-state index in [1.165, 1.54) is 17.8 Å². The van der Waals surface area contributed by atoms with Gasteiger partial charge in [0.25, 0.3) is 0 Å². The Labute approximate surface area is 108 Å². The zero-order chi connectivity index (χ0) is 13.3. The van der Waals surface area contributed by atoms with Crippen LogP contribution in [0.1, 0.15) is 27.8 Å². The molecule has 5 nitrogen and oxygen atoms in total. The van der Waals surface area contributed by atoms with Gasteiger partial charge < -0.3 is 5.11 Å². The van der Waals surface area contributed by atoms with Gasteiger partial charge in [-0.1, -0.05) is 11.6 Å². The summed E-state index contributed by atoms with van der Waals surface area (Å²) in [5.41, 5.74) is 0.462. The minimum absolute atomic E-state index is 0.0810. The first-order valence-corrected chi connectivity index (χ1v) is 5.46. The fourth-order valence-electron chi connectivity index (χ4n) is 1.52. The number of aromatic carboxylic acids is 1. The predicted molar refractivity (Wildman–Crippen MR) is 65.5 cm³/mol. The Morgan fingerprint density at radius 3 is 2.33 bits per heavy atom. The smallest absolute Gasteiger partial charge is 0.357 e. The summed E-state index contributed by atoms with van der Waals surface area (Å²) < 4.78 is 1.34. The number of benzene rings is 1. The molecule has 1 N–H and O–H groups in total. The topological polar surface area (TPSA) is 72.2 Å². The molecule has 2 rings (SSSR count).